The molecule has 0 fully saturated rings. The van der Waals surface area contributed by atoms with E-state index in [0.717, 1.165) is 11.1 Å². The summed E-state index contributed by atoms with van der Waals surface area (Å²) in [5, 5.41) is 18.9. The first-order chi connectivity index (χ1) is 13.4. The summed E-state index contributed by atoms with van der Waals surface area (Å²) < 4.78 is 11.8. The Morgan fingerprint density at radius 3 is 1.52 bits per heavy atom. The highest BCUT2D eigenvalue weighted by Gasteiger charge is 2.30. The predicted octanol–water partition coefficient (Wildman–Crippen LogP) is 7.13. The predicted molar refractivity (Wildman–Crippen MR) is 116 cm³/mol. The lowest BCUT2D eigenvalue weighted by atomic mass is 9.79. The molecule has 6 heteroatoms. The van der Waals surface area contributed by atoms with E-state index >= 15 is 0 Å². The van der Waals surface area contributed by atoms with Crippen molar-refractivity contribution in [2.24, 2.45) is 0 Å². The molecule has 0 saturated carbocycles. The maximum Gasteiger partial charge on any atom is 0.190 e. The van der Waals surface area contributed by atoms with Crippen LogP contribution in [0.15, 0.2) is 18.2 Å². The van der Waals surface area contributed by atoms with Gasteiger partial charge in [0.25, 0.3) is 0 Å². The molecular weight excluding hydrogens is 407 g/mol. The fourth-order valence-electron chi connectivity index (χ4n) is 3.06. The Hall–Kier alpha value is -2.40. The number of benzene rings is 2. The van der Waals surface area contributed by atoms with Crippen LogP contribution in [0.2, 0.25) is 10.0 Å². The number of ether oxygens (including phenoxy) is 2. The molecule has 0 radical (unpaired) electrons. The molecule has 2 aromatic carbocycles. The Morgan fingerprint density at radius 1 is 0.759 bits per heavy atom. The summed E-state index contributed by atoms with van der Waals surface area (Å²) in [5.74, 6) is 0.880. The van der Waals surface area contributed by atoms with Crippen LogP contribution in [0.25, 0.3) is 0 Å². The van der Waals surface area contributed by atoms with Gasteiger partial charge in [0.1, 0.15) is 27.9 Å². The number of hydrogen-bond acceptors (Lipinski definition) is 4. The van der Waals surface area contributed by atoms with E-state index in [9.17, 15) is 10.5 Å². The molecule has 0 unspecified atom stereocenters. The van der Waals surface area contributed by atoms with Crippen molar-refractivity contribution in [3.05, 3.63) is 50.5 Å². The minimum absolute atomic E-state index is 0.00324. The molecule has 4 nitrogen and oxygen atoms in total. The average Bonchev–Trinajstić information content (AvgIpc) is 2.62. The van der Waals surface area contributed by atoms with Gasteiger partial charge in [-0.05, 0) is 10.8 Å². The molecule has 0 N–H and O–H groups in total. The van der Waals surface area contributed by atoms with Crippen LogP contribution in [0.1, 0.15) is 63.8 Å². The third-order valence-electron chi connectivity index (χ3n) is 4.56. The first kappa shape index (κ1) is 22.9. The Morgan fingerprint density at radius 2 is 1.17 bits per heavy atom. The zero-order chi connectivity index (χ0) is 22.1. The quantitative estimate of drug-likeness (QED) is 0.518. The highest BCUT2D eigenvalue weighted by Crippen LogP contribution is 2.50. The van der Waals surface area contributed by atoms with Crippen LogP contribution in [0, 0.1) is 22.7 Å². The van der Waals surface area contributed by atoms with Crippen molar-refractivity contribution in [3.63, 3.8) is 0 Å². The van der Waals surface area contributed by atoms with Gasteiger partial charge in [-0.25, -0.2) is 0 Å². The van der Waals surface area contributed by atoms with Crippen LogP contribution >= 0.6 is 23.2 Å². The van der Waals surface area contributed by atoms with Crippen LogP contribution in [-0.2, 0) is 10.8 Å². The number of rotatable bonds is 3. The summed E-state index contributed by atoms with van der Waals surface area (Å²) in [6.45, 7) is 12.5. The van der Waals surface area contributed by atoms with Gasteiger partial charge in [0.15, 0.2) is 11.5 Å². The fraction of sp³-hybridized carbons (Fsp3) is 0.391. The van der Waals surface area contributed by atoms with Gasteiger partial charge in [0, 0.05) is 11.1 Å². The van der Waals surface area contributed by atoms with Gasteiger partial charge < -0.3 is 9.47 Å². The maximum atomic E-state index is 9.54. The maximum absolute atomic E-state index is 9.54. The van der Waals surface area contributed by atoms with Crippen LogP contribution < -0.4 is 9.47 Å². The molecule has 0 bridgehead atoms. The topological polar surface area (TPSA) is 66.0 Å². The van der Waals surface area contributed by atoms with E-state index in [1.807, 2.05) is 30.3 Å². The summed E-state index contributed by atoms with van der Waals surface area (Å²) in [7, 11) is 1.41. The van der Waals surface area contributed by atoms with Crippen LogP contribution in [0.3, 0.4) is 0 Å². The third-order valence-corrected chi connectivity index (χ3v) is 5.28. The van der Waals surface area contributed by atoms with Crippen molar-refractivity contribution < 1.29 is 9.47 Å². The van der Waals surface area contributed by atoms with Gasteiger partial charge >= 0.3 is 0 Å². The van der Waals surface area contributed by atoms with E-state index < -0.39 is 0 Å². The number of nitrogens with zero attached hydrogens (tertiary/aromatic N) is 2. The first-order valence-electron chi connectivity index (χ1n) is 9.09. The molecule has 2 aromatic rings. The molecule has 2 rings (SSSR count). The Bertz CT molecular complexity index is 998. The zero-order valence-corrected chi connectivity index (χ0v) is 19.2. The number of halogens is 2. The summed E-state index contributed by atoms with van der Waals surface area (Å²) in [6.07, 6.45) is 0. The van der Waals surface area contributed by atoms with E-state index in [4.69, 9.17) is 32.7 Å². The van der Waals surface area contributed by atoms with Gasteiger partial charge in [0.05, 0.1) is 18.2 Å². The fourth-order valence-corrected chi connectivity index (χ4v) is 3.62. The molecule has 0 amide bonds. The highest BCUT2D eigenvalue weighted by molar-refractivity contribution is 6.37. The Kier molecular flexibility index (Phi) is 6.43. The first-order valence-corrected chi connectivity index (χ1v) is 9.85. The number of para-hydroxylation sites is 1. The smallest absolute Gasteiger partial charge is 0.190 e. The third kappa shape index (κ3) is 4.30. The summed E-state index contributed by atoms with van der Waals surface area (Å²) in [5.41, 5.74) is 1.43. The number of nitriles is 2. The van der Waals surface area contributed by atoms with Gasteiger partial charge in [-0.3, -0.25) is 0 Å². The van der Waals surface area contributed by atoms with E-state index in [2.05, 4.69) is 41.5 Å². The minimum atomic E-state index is -0.218. The van der Waals surface area contributed by atoms with Crippen molar-refractivity contribution in [2.45, 2.75) is 52.4 Å². The lowest BCUT2D eigenvalue weighted by Gasteiger charge is -2.30. The molecular formula is C23H24Cl2N2O2. The molecule has 0 spiro atoms. The van der Waals surface area contributed by atoms with Gasteiger partial charge in [0.2, 0.25) is 0 Å². The second kappa shape index (κ2) is 8.15. The molecule has 152 valence electrons. The largest absolute Gasteiger partial charge is 0.491 e. The van der Waals surface area contributed by atoms with E-state index in [0.29, 0.717) is 5.75 Å². The molecule has 0 aliphatic heterocycles. The van der Waals surface area contributed by atoms with Crippen LogP contribution in [0.4, 0.5) is 0 Å². The summed E-state index contributed by atoms with van der Waals surface area (Å²) in [4.78, 5) is 0. The second-order valence-electron chi connectivity index (χ2n) is 8.75. The number of hydrogen-bond donors (Lipinski definition) is 0. The second-order valence-corrected chi connectivity index (χ2v) is 9.50. The van der Waals surface area contributed by atoms with E-state index in [-0.39, 0.29) is 43.5 Å². The molecule has 29 heavy (non-hydrogen) atoms. The molecule has 0 atom stereocenters. The lowest BCUT2D eigenvalue weighted by molar-refractivity contribution is 0.369. The monoisotopic (exact) mass is 430 g/mol. The number of methoxy groups -OCH3 is 1. The normalized spacial score (nSPS) is 11.6. The zero-order valence-electron chi connectivity index (χ0n) is 17.7. The van der Waals surface area contributed by atoms with E-state index in [1.54, 1.807) is 0 Å². The summed E-state index contributed by atoms with van der Waals surface area (Å²) >= 11 is 12.9. The van der Waals surface area contributed by atoms with Crippen molar-refractivity contribution in [1.29, 1.82) is 10.5 Å². The molecule has 0 saturated heterocycles. The van der Waals surface area contributed by atoms with Gasteiger partial charge in [-0.1, -0.05) is 82.9 Å². The van der Waals surface area contributed by atoms with Crippen molar-refractivity contribution in [3.8, 4) is 29.4 Å². The summed E-state index contributed by atoms with van der Waals surface area (Å²) in [6, 6.07) is 9.87. The Balaban J connectivity index is 2.91. The minimum Gasteiger partial charge on any atom is -0.491 e. The molecule has 0 heterocycles. The molecule has 0 aliphatic rings. The Labute approximate surface area is 182 Å². The van der Waals surface area contributed by atoms with Crippen molar-refractivity contribution >= 4 is 23.2 Å². The van der Waals surface area contributed by atoms with Crippen molar-refractivity contribution in [2.75, 3.05) is 7.11 Å². The molecule has 0 aliphatic carbocycles. The highest BCUT2D eigenvalue weighted by atomic mass is 35.5. The van der Waals surface area contributed by atoms with Crippen molar-refractivity contribution in [1.82, 2.24) is 0 Å². The lowest BCUT2D eigenvalue weighted by Crippen LogP contribution is -2.18. The van der Waals surface area contributed by atoms with Crippen LogP contribution in [-0.4, -0.2) is 7.11 Å². The van der Waals surface area contributed by atoms with E-state index in [1.165, 1.54) is 7.11 Å². The average molecular weight is 431 g/mol. The van der Waals surface area contributed by atoms with Gasteiger partial charge in [-0.15, -0.1) is 0 Å². The molecule has 0 aromatic heterocycles. The van der Waals surface area contributed by atoms with Gasteiger partial charge in [-0.2, -0.15) is 10.5 Å². The SMILES string of the molecule is COc1c(Cl)c(C#N)c(C#N)c(Cl)c1Oc1c(C(C)(C)C)cccc1C(C)(C)C. The van der Waals surface area contributed by atoms with Crippen LogP contribution in [0.5, 0.6) is 17.2 Å². The standard InChI is InChI=1S/C23H24Cl2N2O2/c1-22(2,3)15-9-8-10-16(23(4,5)6)19(15)29-21-18(25)14(12-27)13(11-26)17(24)20(21)28-7/h8-10H,1-7H3.